The molecule has 3 rings (SSSR count). The Labute approximate surface area is 188 Å². The van der Waals surface area contributed by atoms with E-state index in [1.54, 1.807) is 0 Å². The van der Waals surface area contributed by atoms with Crippen molar-refractivity contribution in [2.24, 2.45) is 5.92 Å². The van der Waals surface area contributed by atoms with Crippen molar-refractivity contribution in [2.45, 2.75) is 51.3 Å². The van der Waals surface area contributed by atoms with Gasteiger partial charge in [-0.3, -0.25) is 4.79 Å². The highest BCUT2D eigenvalue weighted by Crippen LogP contribution is 2.15. The highest BCUT2D eigenvalue weighted by atomic mass is 19.1. The van der Waals surface area contributed by atoms with Crippen LogP contribution in [0.25, 0.3) is 0 Å². The molecule has 174 valence electrons. The average molecular weight is 446 g/mol. The first-order valence-electron chi connectivity index (χ1n) is 11.4. The van der Waals surface area contributed by atoms with Crippen molar-refractivity contribution in [2.75, 3.05) is 19.6 Å². The SMILES string of the molecule is CCc1cccc(CNC[C@@H](O)[C@H](Cc2cc(F)cc(F)c2)NC(=O)C2CCNCC2)c1. The smallest absolute Gasteiger partial charge is 0.223 e. The number of hydrogen-bond donors (Lipinski definition) is 4. The third kappa shape index (κ3) is 7.36. The third-order valence-corrected chi connectivity index (χ3v) is 5.96. The Hall–Kier alpha value is -2.35. The quantitative estimate of drug-likeness (QED) is 0.454. The molecule has 2 aromatic rings. The van der Waals surface area contributed by atoms with E-state index >= 15 is 0 Å². The fraction of sp³-hybridized carbons (Fsp3) is 0.480. The highest BCUT2D eigenvalue weighted by Gasteiger charge is 2.27. The molecule has 0 bridgehead atoms. The lowest BCUT2D eigenvalue weighted by molar-refractivity contribution is -0.127. The van der Waals surface area contributed by atoms with Gasteiger partial charge in [-0.2, -0.15) is 0 Å². The van der Waals surface area contributed by atoms with E-state index in [0.717, 1.165) is 44.0 Å². The van der Waals surface area contributed by atoms with E-state index in [4.69, 9.17) is 0 Å². The number of aliphatic hydroxyl groups excluding tert-OH is 1. The van der Waals surface area contributed by atoms with Gasteiger partial charge < -0.3 is 21.1 Å². The van der Waals surface area contributed by atoms with Gasteiger partial charge in [-0.15, -0.1) is 0 Å². The van der Waals surface area contributed by atoms with Gasteiger partial charge in [-0.05, 0) is 67.6 Å². The van der Waals surface area contributed by atoms with Crippen molar-refractivity contribution in [1.29, 1.82) is 0 Å². The first-order chi connectivity index (χ1) is 15.4. The summed E-state index contributed by atoms with van der Waals surface area (Å²) in [5, 5.41) is 20.3. The minimum Gasteiger partial charge on any atom is -0.390 e. The summed E-state index contributed by atoms with van der Waals surface area (Å²) in [5.74, 6) is -1.60. The molecule has 7 heteroatoms. The number of piperidine rings is 1. The number of nitrogens with one attached hydrogen (secondary N) is 3. The van der Waals surface area contributed by atoms with Crippen LogP contribution in [0.5, 0.6) is 0 Å². The molecule has 0 radical (unpaired) electrons. The van der Waals surface area contributed by atoms with Crippen molar-refractivity contribution in [3.05, 3.63) is 70.8 Å². The predicted molar refractivity (Wildman–Crippen MR) is 121 cm³/mol. The standard InChI is InChI=1S/C25H33F2N3O2/c1-2-17-4-3-5-18(10-17)15-29-16-24(31)23(13-19-11-21(26)14-22(27)12-19)30-25(32)20-6-8-28-9-7-20/h3-5,10-12,14,20,23-24,28-29,31H,2,6-9,13,15-16H2,1H3,(H,30,32)/t23-,24+/m0/s1. The van der Waals surface area contributed by atoms with Crippen LogP contribution >= 0.6 is 0 Å². The minimum atomic E-state index is -0.915. The number of benzene rings is 2. The number of aliphatic hydroxyl groups is 1. The molecule has 1 amide bonds. The Morgan fingerprint density at radius 2 is 1.78 bits per heavy atom. The van der Waals surface area contributed by atoms with E-state index in [1.165, 1.54) is 17.7 Å². The molecule has 0 spiro atoms. The zero-order valence-electron chi connectivity index (χ0n) is 18.5. The van der Waals surface area contributed by atoms with Crippen LogP contribution < -0.4 is 16.0 Å². The maximum atomic E-state index is 13.7. The molecule has 1 fully saturated rings. The zero-order chi connectivity index (χ0) is 22.9. The maximum absolute atomic E-state index is 13.7. The van der Waals surface area contributed by atoms with Crippen molar-refractivity contribution < 1.29 is 18.7 Å². The summed E-state index contributed by atoms with van der Waals surface area (Å²) in [6.07, 6.45) is 1.64. The van der Waals surface area contributed by atoms with Gasteiger partial charge in [0.05, 0.1) is 12.1 Å². The molecule has 0 aliphatic carbocycles. The van der Waals surface area contributed by atoms with Crippen LogP contribution in [0.15, 0.2) is 42.5 Å². The molecule has 1 saturated heterocycles. The summed E-state index contributed by atoms with van der Waals surface area (Å²) in [7, 11) is 0. The van der Waals surface area contributed by atoms with Crippen LogP contribution in [0.2, 0.25) is 0 Å². The number of hydrogen-bond acceptors (Lipinski definition) is 4. The summed E-state index contributed by atoms with van der Waals surface area (Å²) in [4.78, 5) is 12.8. The first kappa shape index (κ1) is 24.3. The third-order valence-electron chi connectivity index (χ3n) is 5.96. The van der Waals surface area contributed by atoms with Crippen molar-refractivity contribution in [3.8, 4) is 0 Å². The number of carbonyl (C=O) groups excluding carboxylic acids is 1. The number of carbonyl (C=O) groups is 1. The molecule has 0 aromatic heterocycles. The maximum Gasteiger partial charge on any atom is 0.223 e. The summed E-state index contributed by atoms with van der Waals surface area (Å²) < 4.78 is 27.4. The molecule has 2 atom stereocenters. The molecule has 5 nitrogen and oxygen atoms in total. The van der Waals surface area contributed by atoms with E-state index in [9.17, 15) is 18.7 Å². The van der Waals surface area contributed by atoms with Crippen LogP contribution in [0.1, 0.15) is 36.5 Å². The van der Waals surface area contributed by atoms with Crippen molar-refractivity contribution >= 4 is 5.91 Å². The number of halogens is 2. The molecule has 32 heavy (non-hydrogen) atoms. The molecule has 4 N–H and O–H groups in total. The molecule has 1 aliphatic rings. The van der Waals surface area contributed by atoms with Gasteiger partial charge >= 0.3 is 0 Å². The number of rotatable bonds is 10. The molecular weight excluding hydrogens is 412 g/mol. The molecule has 0 unspecified atom stereocenters. The van der Waals surface area contributed by atoms with Gasteiger partial charge in [0.25, 0.3) is 0 Å². The second kappa shape index (κ2) is 12.0. The first-order valence-corrected chi connectivity index (χ1v) is 11.4. The van der Waals surface area contributed by atoms with Crippen LogP contribution in [0, 0.1) is 17.6 Å². The lowest BCUT2D eigenvalue weighted by atomic mass is 9.95. The average Bonchev–Trinajstić information content (AvgIpc) is 2.78. The van der Waals surface area contributed by atoms with Gasteiger partial charge in [0.15, 0.2) is 0 Å². The van der Waals surface area contributed by atoms with Crippen LogP contribution in [-0.2, 0) is 24.2 Å². The number of aryl methyl sites for hydroxylation is 1. The Balaban J connectivity index is 1.64. The highest BCUT2D eigenvalue weighted by molar-refractivity contribution is 5.79. The summed E-state index contributed by atoms with van der Waals surface area (Å²) in [6, 6.07) is 10.8. The molecule has 0 saturated carbocycles. The summed E-state index contributed by atoms with van der Waals surface area (Å²) in [5.41, 5.74) is 2.75. The predicted octanol–water partition coefficient (Wildman–Crippen LogP) is 2.70. The molecule has 1 heterocycles. The lowest BCUT2D eigenvalue weighted by Gasteiger charge is -2.28. The topological polar surface area (TPSA) is 73.4 Å². The monoisotopic (exact) mass is 445 g/mol. The summed E-state index contributed by atoms with van der Waals surface area (Å²) in [6.45, 7) is 4.47. The van der Waals surface area contributed by atoms with Gasteiger partial charge in [-0.1, -0.05) is 31.2 Å². The Kier molecular flexibility index (Phi) is 9.14. The Morgan fingerprint density at radius 3 is 2.47 bits per heavy atom. The largest absolute Gasteiger partial charge is 0.390 e. The van der Waals surface area contributed by atoms with E-state index in [0.29, 0.717) is 12.1 Å². The Morgan fingerprint density at radius 1 is 1.09 bits per heavy atom. The van der Waals surface area contributed by atoms with E-state index in [2.05, 4.69) is 35.0 Å². The van der Waals surface area contributed by atoms with Crippen LogP contribution in [0.3, 0.4) is 0 Å². The fourth-order valence-corrected chi connectivity index (χ4v) is 4.12. The van der Waals surface area contributed by atoms with Gasteiger partial charge in [0.1, 0.15) is 11.6 Å². The molecular formula is C25H33F2N3O2. The molecule has 2 aromatic carbocycles. The van der Waals surface area contributed by atoms with Crippen molar-refractivity contribution in [1.82, 2.24) is 16.0 Å². The van der Waals surface area contributed by atoms with E-state index < -0.39 is 23.8 Å². The van der Waals surface area contributed by atoms with E-state index in [-0.39, 0.29) is 24.8 Å². The van der Waals surface area contributed by atoms with Gasteiger partial charge in [0, 0.05) is 25.1 Å². The minimum absolute atomic E-state index is 0.122. The normalized spacial score (nSPS) is 16.5. The van der Waals surface area contributed by atoms with Crippen molar-refractivity contribution in [3.63, 3.8) is 0 Å². The number of amides is 1. The van der Waals surface area contributed by atoms with E-state index in [1.807, 2.05) is 12.1 Å². The zero-order valence-corrected chi connectivity index (χ0v) is 18.5. The second-order valence-corrected chi connectivity index (χ2v) is 8.49. The summed E-state index contributed by atoms with van der Waals surface area (Å²) >= 11 is 0. The van der Waals surface area contributed by atoms with Crippen LogP contribution in [0.4, 0.5) is 8.78 Å². The fourth-order valence-electron chi connectivity index (χ4n) is 4.12. The lowest BCUT2D eigenvalue weighted by Crippen LogP contribution is -2.51. The van der Waals surface area contributed by atoms with Gasteiger partial charge in [-0.25, -0.2) is 8.78 Å². The van der Waals surface area contributed by atoms with Gasteiger partial charge in [0.2, 0.25) is 5.91 Å². The second-order valence-electron chi connectivity index (χ2n) is 8.49. The van der Waals surface area contributed by atoms with Crippen LogP contribution in [-0.4, -0.2) is 42.8 Å². The Bertz CT molecular complexity index is 867. The molecule has 1 aliphatic heterocycles.